The molecule has 0 spiro atoms. The number of nitrogens with zero attached hydrogens (tertiary/aromatic N) is 1. The van der Waals surface area contributed by atoms with Crippen LogP contribution in [0.15, 0.2) is 60.7 Å². The highest BCUT2D eigenvalue weighted by Gasteiger charge is 2.44. The van der Waals surface area contributed by atoms with E-state index in [1.165, 1.54) is 4.90 Å². The summed E-state index contributed by atoms with van der Waals surface area (Å²) in [5.74, 6) is -0.478. The summed E-state index contributed by atoms with van der Waals surface area (Å²) >= 11 is 0. The second kappa shape index (κ2) is 7.51. The number of benzene rings is 2. The van der Waals surface area contributed by atoms with Crippen LogP contribution < -0.4 is 0 Å². The van der Waals surface area contributed by atoms with Gasteiger partial charge in [0.1, 0.15) is 6.61 Å². The van der Waals surface area contributed by atoms with Crippen LogP contribution in [0.5, 0.6) is 0 Å². The molecule has 1 saturated heterocycles. The van der Waals surface area contributed by atoms with E-state index < -0.39 is 6.09 Å². The maximum Gasteiger partial charge on any atom is 0.417 e. The summed E-state index contributed by atoms with van der Waals surface area (Å²) in [7, 11) is 0. The molecule has 1 fully saturated rings. The van der Waals surface area contributed by atoms with Crippen LogP contribution in [-0.2, 0) is 9.53 Å². The maximum absolute atomic E-state index is 12.8. The van der Waals surface area contributed by atoms with Crippen molar-refractivity contribution in [1.82, 2.24) is 4.90 Å². The quantitative estimate of drug-likeness (QED) is 0.821. The van der Waals surface area contributed by atoms with Gasteiger partial charge < -0.3 is 4.74 Å². The van der Waals surface area contributed by atoms with Gasteiger partial charge in [0.15, 0.2) is 0 Å². The van der Waals surface area contributed by atoms with Gasteiger partial charge in [-0.1, -0.05) is 74.5 Å². The molecule has 130 valence electrons. The maximum atomic E-state index is 12.8. The third-order valence-corrected chi connectivity index (χ3v) is 4.88. The highest BCUT2D eigenvalue weighted by molar-refractivity contribution is 5.94. The van der Waals surface area contributed by atoms with Crippen molar-refractivity contribution in [1.29, 1.82) is 0 Å². The molecule has 0 aromatic heterocycles. The zero-order valence-electron chi connectivity index (χ0n) is 14.6. The van der Waals surface area contributed by atoms with Crippen LogP contribution in [0.1, 0.15) is 37.3 Å². The Bertz CT molecular complexity index is 690. The van der Waals surface area contributed by atoms with Crippen molar-refractivity contribution >= 4 is 12.0 Å². The molecule has 1 heterocycles. The molecule has 1 aliphatic heterocycles. The monoisotopic (exact) mass is 337 g/mol. The lowest BCUT2D eigenvalue weighted by molar-refractivity contribution is -0.133. The molecular weight excluding hydrogens is 314 g/mol. The highest BCUT2D eigenvalue weighted by atomic mass is 16.6. The Morgan fingerprint density at radius 3 is 2.08 bits per heavy atom. The predicted molar refractivity (Wildman–Crippen MR) is 96.2 cm³/mol. The number of amides is 2. The molecule has 4 nitrogen and oxygen atoms in total. The van der Waals surface area contributed by atoms with Gasteiger partial charge in [-0.05, 0) is 17.5 Å². The second-order valence-electron chi connectivity index (χ2n) is 6.46. The Labute approximate surface area is 148 Å². The van der Waals surface area contributed by atoms with Gasteiger partial charge in [0.2, 0.25) is 5.91 Å². The van der Waals surface area contributed by atoms with E-state index in [9.17, 15) is 9.59 Å². The minimum absolute atomic E-state index is 0.109. The Kier molecular flexibility index (Phi) is 5.17. The lowest BCUT2D eigenvalue weighted by Crippen LogP contribution is -2.45. The summed E-state index contributed by atoms with van der Waals surface area (Å²) in [4.78, 5) is 26.4. The largest absolute Gasteiger partial charge is 0.447 e. The van der Waals surface area contributed by atoms with Gasteiger partial charge in [-0.15, -0.1) is 0 Å². The van der Waals surface area contributed by atoms with E-state index >= 15 is 0 Å². The molecule has 0 unspecified atom stereocenters. The molecule has 2 aromatic rings. The lowest BCUT2D eigenvalue weighted by atomic mass is 9.84. The number of hydrogen-bond acceptors (Lipinski definition) is 3. The van der Waals surface area contributed by atoms with E-state index in [2.05, 4.69) is 0 Å². The first-order valence-electron chi connectivity index (χ1n) is 8.73. The zero-order chi connectivity index (χ0) is 17.8. The van der Waals surface area contributed by atoms with Gasteiger partial charge in [0, 0.05) is 11.8 Å². The third kappa shape index (κ3) is 3.43. The van der Waals surface area contributed by atoms with Crippen molar-refractivity contribution in [2.24, 2.45) is 5.92 Å². The molecule has 3 rings (SSSR count). The SMILES string of the molecule is CC[C@H](C)C(=O)N1C(=O)OC[C@H]1C(c1ccccc1)c1ccccc1. The first-order valence-corrected chi connectivity index (χ1v) is 8.73. The van der Waals surface area contributed by atoms with Gasteiger partial charge in [0.25, 0.3) is 0 Å². The smallest absolute Gasteiger partial charge is 0.417 e. The molecule has 0 N–H and O–H groups in total. The number of ether oxygens (including phenoxy) is 1. The number of carbonyl (C=O) groups excluding carboxylic acids is 2. The van der Waals surface area contributed by atoms with Crippen molar-refractivity contribution in [2.45, 2.75) is 32.2 Å². The van der Waals surface area contributed by atoms with Crippen LogP contribution in [0.4, 0.5) is 4.79 Å². The van der Waals surface area contributed by atoms with Crippen molar-refractivity contribution < 1.29 is 14.3 Å². The Morgan fingerprint density at radius 1 is 1.08 bits per heavy atom. The van der Waals surface area contributed by atoms with Crippen molar-refractivity contribution in [2.75, 3.05) is 6.61 Å². The topological polar surface area (TPSA) is 46.6 Å². The average molecular weight is 337 g/mol. The second-order valence-corrected chi connectivity index (χ2v) is 6.46. The molecule has 4 heteroatoms. The van der Waals surface area contributed by atoms with Crippen LogP contribution >= 0.6 is 0 Å². The molecule has 0 saturated carbocycles. The van der Waals surface area contributed by atoms with E-state index in [0.717, 1.165) is 11.1 Å². The highest BCUT2D eigenvalue weighted by Crippen LogP contribution is 2.35. The molecule has 2 atom stereocenters. The fourth-order valence-electron chi connectivity index (χ4n) is 3.30. The minimum atomic E-state index is -0.535. The normalized spacial score (nSPS) is 18.3. The average Bonchev–Trinajstić information content (AvgIpc) is 3.03. The third-order valence-electron chi connectivity index (χ3n) is 4.88. The van der Waals surface area contributed by atoms with Gasteiger partial charge in [-0.2, -0.15) is 0 Å². The molecule has 0 bridgehead atoms. The number of carbonyl (C=O) groups is 2. The molecule has 2 aromatic carbocycles. The zero-order valence-corrected chi connectivity index (χ0v) is 14.6. The van der Waals surface area contributed by atoms with Gasteiger partial charge in [-0.3, -0.25) is 4.79 Å². The van der Waals surface area contributed by atoms with Gasteiger partial charge >= 0.3 is 6.09 Å². The summed E-state index contributed by atoms with van der Waals surface area (Å²) in [5, 5.41) is 0. The van der Waals surface area contributed by atoms with Gasteiger partial charge in [-0.25, -0.2) is 9.69 Å². The first-order chi connectivity index (χ1) is 12.1. The number of hydrogen-bond donors (Lipinski definition) is 0. The van der Waals surface area contributed by atoms with Crippen LogP contribution in [0.25, 0.3) is 0 Å². The first kappa shape index (κ1) is 17.2. The predicted octanol–water partition coefficient (Wildman–Crippen LogP) is 4.21. The summed E-state index contributed by atoms with van der Waals surface area (Å²) in [5.41, 5.74) is 2.14. The van der Waals surface area contributed by atoms with E-state index in [1.54, 1.807) is 0 Å². The fraction of sp³-hybridized carbons (Fsp3) is 0.333. The van der Waals surface area contributed by atoms with Crippen LogP contribution in [0.3, 0.4) is 0 Å². The van der Waals surface area contributed by atoms with Crippen LogP contribution in [0.2, 0.25) is 0 Å². The Balaban J connectivity index is 2.03. The molecule has 0 radical (unpaired) electrons. The van der Waals surface area contributed by atoms with E-state index in [1.807, 2.05) is 74.5 Å². The molecule has 2 amide bonds. The van der Waals surface area contributed by atoms with E-state index in [4.69, 9.17) is 4.74 Å². The summed E-state index contributed by atoms with van der Waals surface area (Å²) in [6.07, 6.45) is 0.156. The van der Waals surface area contributed by atoms with Crippen molar-refractivity contribution in [3.8, 4) is 0 Å². The van der Waals surface area contributed by atoms with Crippen molar-refractivity contribution in [3.05, 3.63) is 71.8 Å². The van der Waals surface area contributed by atoms with E-state index in [-0.39, 0.29) is 30.4 Å². The van der Waals surface area contributed by atoms with Crippen LogP contribution in [-0.4, -0.2) is 29.5 Å². The molecule has 0 aliphatic carbocycles. The lowest BCUT2D eigenvalue weighted by Gasteiger charge is -2.30. The van der Waals surface area contributed by atoms with Crippen LogP contribution in [0, 0.1) is 5.92 Å². The van der Waals surface area contributed by atoms with E-state index in [0.29, 0.717) is 6.42 Å². The summed E-state index contributed by atoms with van der Waals surface area (Å²) in [6, 6.07) is 19.6. The number of cyclic esters (lactones) is 1. The number of rotatable bonds is 5. The summed E-state index contributed by atoms with van der Waals surface area (Å²) in [6.45, 7) is 4.02. The fourth-order valence-corrected chi connectivity index (χ4v) is 3.30. The molecule has 25 heavy (non-hydrogen) atoms. The minimum Gasteiger partial charge on any atom is -0.447 e. The Morgan fingerprint density at radius 2 is 1.60 bits per heavy atom. The van der Waals surface area contributed by atoms with Crippen molar-refractivity contribution in [3.63, 3.8) is 0 Å². The Hall–Kier alpha value is -2.62. The number of imide groups is 1. The molecule has 1 aliphatic rings. The van der Waals surface area contributed by atoms with Gasteiger partial charge in [0.05, 0.1) is 6.04 Å². The standard InChI is InChI=1S/C21H23NO3/c1-3-15(2)20(23)22-18(14-25-21(22)24)19(16-10-6-4-7-11-16)17-12-8-5-9-13-17/h4-13,15,18-19H,3,14H2,1-2H3/t15-,18-/m0/s1. The molecular formula is C21H23NO3. The summed E-state index contributed by atoms with van der Waals surface area (Å²) < 4.78 is 5.28.